The summed E-state index contributed by atoms with van der Waals surface area (Å²) >= 11 is 0. The smallest absolute Gasteiger partial charge is 0.257 e. The molecule has 106 valence electrons. The fraction of sp³-hybridized carbons (Fsp3) is 0.462. The van der Waals surface area contributed by atoms with Crippen LogP contribution in [0.15, 0.2) is 24.8 Å². The lowest BCUT2D eigenvalue weighted by molar-refractivity contribution is 0.0104. The maximum atomic E-state index is 12.5. The van der Waals surface area contributed by atoms with Gasteiger partial charge >= 0.3 is 0 Å². The summed E-state index contributed by atoms with van der Waals surface area (Å²) in [5.41, 5.74) is 1.27. The molecule has 0 spiro atoms. The van der Waals surface area contributed by atoms with Crippen LogP contribution < -0.4 is 5.32 Å². The Morgan fingerprint density at radius 3 is 3.30 bits per heavy atom. The lowest BCUT2D eigenvalue weighted by atomic mass is 10.2. The molecule has 2 aromatic heterocycles. The topological polar surface area (TPSA) is 71.8 Å². The molecular weight excluding hydrogens is 258 g/mol. The van der Waals surface area contributed by atoms with Crippen LogP contribution in [0.25, 0.3) is 5.52 Å². The number of aromatic nitrogens is 3. The van der Waals surface area contributed by atoms with Gasteiger partial charge in [-0.15, -0.1) is 0 Å². The van der Waals surface area contributed by atoms with Crippen molar-refractivity contribution in [3.05, 3.63) is 30.4 Å². The highest BCUT2D eigenvalue weighted by atomic mass is 16.5. The fourth-order valence-corrected chi connectivity index (χ4v) is 2.33. The molecule has 1 atom stereocenters. The first-order valence-electron chi connectivity index (χ1n) is 6.61. The fourth-order valence-electron chi connectivity index (χ4n) is 2.33. The van der Waals surface area contributed by atoms with E-state index < -0.39 is 0 Å². The van der Waals surface area contributed by atoms with Gasteiger partial charge in [-0.2, -0.15) is 5.10 Å². The van der Waals surface area contributed by atoms with Gasteiger partial charge in [0.15, 0.2) is 0 Å². The number of amides is 1. The van der Waals surface area contributed by atoms with Crippen LogP contribution >= 0.6 is 0 Å². The average Bonchev–Trinajstić information content (AvgIpc) is 2.91. The van der Waals surface area contributed by atoms with Crippen LogP contribution in [0.4, 0.5) is 0 Å². The van der Waals surface area contributed by atoms with E-state index in [-0.39, 0.29) is 12.0 Å². The minimum Gasteiger partial charge on any atom is -0.374 e. The summed E-state index contributed by atoms with van der Waals surface area (Å²) in [6, 6.07) is 0. The molecule has 1 fully saturated rings. The lowest BCUT2D eigenvalue weighted by Crippen LogP contribution is -2.45. The highest BCUT2D eigenvalue weighted by molar-refractivity contribution is 6.00. The lowest BCUT2D eigenvalue weighted by Gasteiger charge is -2.27. The number of carbonyl (C=O) groups excluding carboxylic acids is 1. The summed E-state index contributed by atoms with van der Waals surface area (Å²) in [7, 11) is 1.78. The molecule has 1 N–H and O–H groups in total. The molecule has 1 unspecified atom stereocenters. The van der Waals surface area contributed by atoms with Gasteiger partial charge in [-0.25, -0.2) is 4.52 Å². The van der Waals surface area contributed by atoms with Gasteiger partial charge in [-0.1, -0.05) is 0 Å². The summed E-state index contributed by atoms with van der Waals surface area (Å²) < 4.78 is 7.26. The molecule has 1 saturated heterocycles. The molecule has 0 aromatic carbocycles. The molecule has 1 aliphatic rings. The number of nitrogens with zero attached hydrogens (tertiary/aromatic N) is 4. The van der Waals surface area contributed by atoms with E-state index in [4.69, 9.17) is 4.74 Å². The molecule has 0 saturated carbocycles. The highest BCUT2D eigenvalue weighted by Crippen LogP contribution is 2.12. The van der Waals surface area contributed by atoms with Gasteiger partial charge in [0.1, 0.15) is 0 Å². The van der Waals surface area contributed by atoms with E-state index in [0.717, 1.165) is 13.1 Å². The van der Waals surface area contributed by atoms with Crippen LogP contribution in [0.5, 0.6) is 0 Å². The van der Waals surface area contributed by atoms with Crippen molar-refractivity contribution >= 4 is 11.4 Å². The van der Waals surface area contributed by atoms with Gasteiger partial charge < -0.3 is 15.0 Å². The van der Waals surface area contributed by atoms with E-state index in [1.165, 1.54) is 0 Å². The van der Waals surface area contributed by atoms with Gasteiger partial charge in [-0.05, 0) is 0 Å². The van der Waals surface area contributed by atoms with Crippen molar-refractivity contribution in [1.82, 2.24) is 24.8 Å². The summed E-state index contributed by atoms with van der Waals surface area (Å²) in [5, 5.41) is 7.41. The van der Waals surface area contributed by atoms with Gasteiger partial charge in [0.2, 0.25) is 0 Å². The van der Waals surface area contributed by atoms with Gasteiger partial charge in [-0.3, -0.25) is 9.78 Å². The number of carbonyl (C=O) groups is 1. The van der Waals surface area contributed by atoms with Crippen molar-refractivity contribution < 1.29 is 9.53 Å². The SMILES string of the molecule is CN(CC1CNCCO1)C(=O)c1cnn2ccncc12. The molecule has 3 rings (SSSR count). The largest absolute Gasteiger partial charge is 0.374 e. The number of likely N-dealkylation sites (N-methyl/N-ethyl adjacent to an activating group) is 1. The zero-order valence-corrected chi connectivity index (χ0v) is 11.3. The molecule has 0 radical (unpaired) electrons. The Morgan fingerprint density at radius 1 is 1.60 bits per heavy atom. The van der Waals surface area contributed by atoms with Gasteiger partial charge in [0.05, 0.1) is 36.2 Å². The standard InChI is InChI=1S/C13H17N5O2/c1-17(9-10-6-15-3-5-20-10)13(19)11-7-16-18-4-2-14-8-12(11)18/h2,4,7-8,10,15H,3,5-6,9H2,1H3. The van der Waals surface area contributed by atoms with Crippen molar-refractivity contribution in [3.63, 3.8) is 0 Å². The number of nitrogens with one attached hydrogen (secondary N) is 1. The molecule has 2 aromatic rings. The first-order chi connectivity index (χ1) is 9.75. The van der Waals surface area contributed by atoms with E-state index in [1.807, 2.05) is 0 Å². The van der Waals surface area contributed by atoms with Crippen LogP contribution in [0.1, 0.15) is 10.4 Å². The van der Waals surface area contributed by atoms with Crippen molar-refractivity contribution in [1.29, 1.82) is 0 Å². The Bertz CT molecular complexity index is 606. The zero-order chi connectivity index (χ0) is 13.9. The molecule has 20 heavy (non-hydrogen) atoms. The van der Waals surface area contributed by atoms with E-state index in [0.29, 0.717) is 24.2 Å². The molecule has 0 aliphatic carbocycles. The summed E-state index contributed by atoms with van der Waals surface area (Å²) in [6.45, 7) is 2.89. The number of hydrogen-bond acceptors (Lipinski definition) is 5. The minimum absolute atomic E-state index is 0.0395. The average molecular weight is 275 g/mol. The molecule has 1 amide bonds. The van der Waals surface area contributed by atoms with Crippen molar-refractivity contribution in [2.24, 2.45) is 0 Å². The Kier molecular flexibility index (Phi) is 3.62. The third kappa shape index (κ3) is 2.50. The second-order valence-electron chi connectivity index (χ2n) is 4.85. The molecule has 7 nitrogen and oxygen atoms in total. The van der Waals surface area contributed by atoms with Gasteiger partial charge in [0.25, 0.3) is 5.91 Å². The van der Waals surface area contributed by atoms with Crippen LogP contribution in [0, 0.1) is 0 Å². The highest BCUT2D eigenvalue weighted by Gasteiger charge is 2.21. The van der Waals surface area contributed by atoms with E-state index >= 15 is 0 Å². The second-order valence-corrected chi connectivity index (χ2v) is 4.85. The quantitative estimate of drug-likeness (QED) is 0.839. The van der Waals surface area contributed by atoms with Crippen molar-refractivity contribution in [3.8, 4) is 0 Å². The number of ether oxygens (including phenoxy) is 1. The first kappa shape index (κ1) is 13.0. The maximum Gasteiger partial charge on any atom is 0.257 e. The van der Waals surface area contributed by atoms with Crippen LogP contribution in [-0.4, -0.2) is 64.8 Å². The monoisotopic (exact) mass is 275 g/mol. The number of fused-ring (bicyclic) bond motifs is 1. The molecule has 1 aliphatic heterocycles. The number of rotatable bonds is 3. The van der Waals surface area contributed by atoms with Gasteiger partial charge in [0, 0.05) is 39.1 Å². The molecular formula is C13H17N5O2. The molecule has 7 heteroatoms. The summed E-state index contributed by atoms with van der Waals surface area (Å²) in [5.74, 6) is -0.0674. The minimum atomic E-state index is -0.0674. The predicted octanol–water partition coefficient (Wildman–Crippen LogP) is -0.210. The third-order valence-electron chi connectivity index (χ3n) is 3.38. The molecule has 0 bridgehead atoms. The summed E-state index contributed by atoms with van der Waals surface area (Å²) in [4.78, 5) is 18.2. The molecule has 3 heterocycles. The van der Waals surface area contributed by atoms with Crippen LogP contribution in [0.2, 0.25) is 0 Å². The Labute approximate surface area is 116 Å². The number of hydrogen-bond donors (Lipinski definition) is 1. The van der Waals surface area contributed by atoms with E-state index in [9.17, 15) is 4.79 Å². The third-order valence-corrected chi connectivity index (χ3v) is 3.38. The summed E-state index contributed by atoms with van der Waals surface area (Å²) in [6.07, 6.45) is 6.63. The Balaban J connectivity index is 1.74. The second kappa shape index (κ2) is 5.56. The van der Waals surface area contributed by atoms with Crippen molar-refractivity contribution in [2.75, 3.05) is 33.3 Å². The van der Waals surface area contributed by atoms with Crippen LogP contribution in [0.3, 0.4) is 0 Å². The van der Waals surface area contributed by atoms with Crippen LogP contribution in [-0.2, 0) is 4.74 Å². The van der Waals surface area contributed by atoms with E-state index in [2.05, 4.69) is 15.4 Å². The Hall–Kier alpha value is -1.99. The van der Waals surface area contributed by atoms with Crippen molar-refractivity contribution in [2.45, 2.75) is 6.10 Å². The van der Waals surface area contributed by atoms with E-state index in [1.54, 1.807) is 41.3 Å². The maximum absolute atomic E-state index is 12.5. The zero-order valence-electron chi connectivity index (χ0n) is 11.3. The number of morpholine rings is 1. The Morgan fingerprint density at radius 2 is 2.50 bits per heavy atom. The first-order valence-corrected chi connectivity index (χ1v) is 6.61. The predicted molar refractivity (Wildman–Crippen MR) is 72.6 cm³/mol. The normalized spacial score (nSPS) is 19.1.